The fourth-order valence-corrected chi connectivity index (χ4v) is 2.28. The normalized spacial score (nSPS) is 22.7. The number of carbonyl (C=O) groups is 1. The molecule has 2 unspecified atom stereocenters. The van der Waals surface area contributed by atoms with Crippen molar-refractivity contribution in [3.8, 4) is 11.5 Å². The van der Waals surface area contributed by atoms with Gasteiger partial charge in [0, 0.05) is 0 Å². The topological polar surface area (TPSA) is 55.8 Å². The maximum Gasteiger partial charge on any atom is 0.307 e. The van der Waals surface area contributed by atoms with Gasteiger partial charge in [-0.05, 0) is 36.5 Å². The predicted octanol–water partition coefficient (Wildman–Crippen LogP) is 2.28. The number of methoxy groups -OCH3 is 2. The predicted molar refractivity (Wildman–Crippen MR) is 62.6 cm³/mol. The SMILES string of the molecule is COc1ccc(C2CCC2C(=O)O)cc1OC. The van der Waals surface area contributed by atoms with E-state index in [2.05, 4.69) is 0 Å². The minimum Gasteiger partial charge on any atom is -0.493 e. The molecule has 4 nitrogen and oxygen atoms in total. The number of benzene rings is 1. The summed E-state index contributed by atoms with van der Waals surface area (Å²) in [7, 11) is 3.16. The van der Waals surface area contributed by atoms with Crippen LogP contribution < -0.4 is 9.47 Å². The van der Waals surface area contributed by atoms with Crippen LogP contribution in [0.25, 0.3) is 0 Å². The number of rotatable bonds is 4. The van der Waals surface area contributed by atoms with Crippen LogP contribution in [0, 0.1) is 5.92 Å². The van der Waals surface area contributed by atoms with Crippen molar-refractivity contribution >= 4 is 5.97 Å². The zero-order valence-corrected chi connectivity index (χ0v) is 9.97. The van der Waals surface area contributed by atoms with Crippen LogP contribution in [0.15, 0.2) is 18.2 Å². The van der Waals surface area contributed by atoms with Crippen molar-refractivity contribution in [1.82, 2.24) is 0 Å². The standard InChI is InChI=1S/C13H16O4/c1-16-11-6-3-8(7-12(11)17-2)9-4-5-10(9)13(14)15/h3,6-7,9-10H,4-5H2,1-2H3,(H,14,15). The Bertz CT molecular complexity index is 427. The Balaban J connectivity index is 2.25. The number of carboxylic acids is 1. The third-order valence-corrected chi connectivity index (χ3v) is 3.43. The van der Waals surface area contributed by atoms with Crippen molar-refractivity contribution in [2.75, 3.05) is 14.2 Å². The fourth-order valence-electron chi connectivity index (χ4n) is 2.28. The molecule has 2 atom stereocenters. The van der Waals surface area contributed by atoms with Crippen LogP contribution in [-0.2, 0) is 4.79 Å². The van der Waals surface area contributed by atoms with Crippen LogP contribution in [0.3, 0.4) is 0 Å². The molecule has 92 valence electrons. The van der Waals surface area contributed by atoms with Gasteiger partial charge in [0.25, 0.3) is 0 Å². The summed E-state index contributed by atoms with van der Waals surface area (Å²) in [5, 5.41) is 9.04. The molecular weight excluding hydrogens is 220 g/mol. The molecule has 2 rings (SSSR count). The van der Waals surface area contributed by atoms with Crippen LogP contribution >= 0.6 is 0 Å². The molecule has 1 aliphatic carbocycles. The summed E-state index contributed by atoms with van der Waals surface area (Å²) in [5.74, 6) is 0.458. The number of ether oxygens (including phenoxy) is 2. The Kier molecular flexibility index (Phi) is 3.22. The molecule has 1 fully saturated rings. The second-order valence-electron chi connectivity index (χ2n) is 4.24. The van der Waals surface area contributed by atoms with Gasteiger partial charge in [-0.25, -0.2) is 0 Å². The van der Waals surface area contributed by atoms with Crippen molar-refractivity contribution in [2.24, 2.45) is 5.92 Å². The Labute approximate surface area is 100 Å². The molecule has 0 aliphatic heterocycles. The smallest absolute Gasteiger partial charge is 0.307 e. The second-order valence-corrected chi connectivity index (χ2v) is 4.24. The van der Waals surface area contributed by atoms with E-state index >= 15 is 0 Å². The lowest BCUT2D eigenvalue weighted by Gasteiger charge is -2.33. The van der Waals surface area contributed by atoms with E-state index in [0.717, 1.165) is 18.4 Å². The minimum atomic E-state index is -0.712. The maximum absolute atomic E-state index is 11.0. The van der Waals surface area contributed by atoms with Gasteiger partial charge in [0.1, 0.15) is 0 Å². The number of hydrogen-bond acceptors (Lipinski definition) is 3. The van der Waals surface area contributed by atoms with E-state index in [9.17, 15) is 4.79 Å². The molecule has 17 heavy (non-hydrogen) atoms. The van der Waals surface area contributed by atoms with Crippen LogP contribution in [0.5, 0.6) is 11.5 Å². The first-order valence-corrected chi connectivity index (χ1v) is 5.62. The molecule has 0 saturated heterocycles. The summed E-state index contributed by atoms with van der Waals surface area (Å²) in [5.41, 5.74) is 1.02. The van der Waals surface area contributed by atoms with E-state index in [0.29, 0.717) is 11.5 Å². The zero-order chi connectivity index (χ0) is 12.4. The highest BCUT2D eigenvalue weighted by Gasteiger charge is 2.37. The number of hydrogen-bond donors (Lipinski definition) is 1. The molecule has 0 bridgehead atoms. The van der Waals surface area contributed by atoms with Crippen molar-refractivity contribution in [2.45, 2.75) is 18.8 Å². The molecule has 1 aromatic rings. The molecule has 1 N–H and O–H groups in total. The lowest BCUT2D eigenvalue weighted by atomic mass is 9.70. The Morgan fingerprint density at radius 1 is 1.24 bits per heavy atom. The van der Waals surface area contributed by atoms with E-state index in [1.807, 2.05) is 18.2 Å². The average molecular weight is 236 g/mol. The van der Waals surface area contributed by atoms with E-state index in [4.69, 9.17) is 14.6 Å². The molecule has 1 saturated carbocycles. The monoisotopic (exact) mass is 236 g/mol. The van der Waals surface area contributed by atoms with E-state index in [-0.39, 0.29) is 11.8 Å². The fraction of sp³-hybridized carbons (Fsp3) is 0.462. The summed E-state index contributed by atoms with van der Waals surface area (Å²) < 4.78 is 10.4. The molecule has 4 heteroatoms. The van der Waals surface area contributed by atoms with Gasteiger partial charge in [-0.3, -0.25) is 4.79 Å². The molecule has 0 spiro atoms. The average Bonchev–Trinajstić information content (AvgIpc) is 2.26. The Morgan fingerprint density at radius 3 is 2.41 bits per heavy atom. The van der Waals surface area contributed by atoms with Crippen LogP contribution in [0.2, 0.25) is 0 Å². The van der Waals surface area contributed by atoms with E-state index in [1.165, 1.54) is 0 Å². The first-order valence-electron chi connectivity index (χ1n) is 5.62. The lowest BCUT2D eigenvalue weighted by molar-refractivity contribution is -0.145. The number of aliphatic carboxylic acids is 1. The highest BCUT2D eigenvalue weighted by molar-refractivity contribution is 5.72. The minimum absolute atomic E-state index is 0.104. The summed E-state index contributed by atoms with van der Waals surface area (Å²) in [6.45, 7) is 0. The molecule has 1 aliphatic rings. The Morgan fingerprint density at radius 2 is 1.94 bits per heavy atom. The van der Waals surface area contributed by atoms with Gasteiger partial charge in [-0.1, -0.05) is 6.07 Å². The van der Waals surface area contributed by atoms with Crippen molar-refractivity contribution in [3.05, 3.63) is 23.8 Å². The van der Waals surface area contributed by atoms with Crippen molar-refractivity contribution in [1.29, 1.82) is 0 Å². The molecule has 0 aromatic heterocycles. The third kappa shape index (κ3) is 2.07. The van der Waals surface area contributed by atoms with Crippen molar-refractivity contribution < 1.29 is 19.4 Å². The van der Waals surface area contributed by atoms with Gasteiger partial charge >= 0.3 is 5.97 Å². The molecular formula is C13H16O4. The molecule has 0 heterocycles. The third-order valence-electron chi connectivity index (χ3n) is 3.43. The van der Waals surface area contributed by atoms with E-state index < -0.39 is 5.97 Å². The quantitative estimate of drug-likeness (QED) is 0.871. The highest BCUT2D eigenvalue weighted by Crippen LogP contribution is 2.44. The van der Waals surface area contributed by atoms with Crippen LogP contribution in [0.4, 0.5) is 0 Å². The second kappa shape index (κ2) is 4.65. The lowest BCUT2D eigenvalue weighted by Crippen LogP contribution is -2.30. The number of carboxylic acid groups (broad SMARTS) is 1. The highest BCUT2D eigenvalue weighted by atomic mass is 16.5. The molecule has 1 aromatic carbocycles. The zero-order valence-electron chi connectivity index (χ0n) is 9.97. The van der Waals surface area contributed by atoms with Gasteiger partial charge in [0.2, 0.25) is 0 Å². The van der Waals surface area contributed by atoms with Crippen LogP contribution in [0.1, 0.15) is 24.3 Å². The van der Waals surface area contributed by atoms with Gasteiger partial charge in [-0.2, -0.15) is 0 Å². The summed E-state index contributed by atoms with van der Waals surface area (Å²) in [6.07, 6.45) is 1.68. The van der Waals surface area contributed by atoms with Gasteiger partial charge in [-0.15, -0.1) is 0 Å². The Hall–Kier alpha value is -1.71. The summed E-state index contributed by atoms with van der Waals surface area (Å²) >= 11 is 0. The van der Waals surface area contributed by atoms with Crippen molar-refractivity contribution in [3.63, 3.8) is 0 Å². The first kappa shape index (κ1) is 11.8. The summed E-state index contributed by atoms with van der Waals surface area (Å²) in [4.78, 5) is 11.0. The molecule has 0 radical (unpaired) electrons. The van der Waals surface area contributed by atoms with Gasteiger partial charge in [0.15, 0.2) is 11.5 Å². The van der Waals surface area contributed by atoms with Gasteiger partial charge in [0.05, 0.1) is 20.1 Å². The molecule has 0 amide bonds. The summed E-state index contributed by atoms with van der Waals surface area (Å²) in [6, 6.07) is 5.62. The largest absolute Gasteiger partial charge is 0.493 e. The maximum atomic E-state index is 11.0. The van der Waals surface area contributed by atoms with E-state index in [1.54, 1.807) is 14.2 Å². The first-order chi connectivity index (χ1) is 8.17. The van der Waals surface area contributed by atoms with Gasteiger partial charge < -0.3 is 14.6 Å². The van der Waals surface area contributed by atoms with Crippen LogP contribution in [-0.4, -0.2) is 25.3 Å².